The molecular weight excluding hydrogens is 292 g/mol. The van der Waals surface area contributed by atoms with Crippen molar-refractivity contribution in [2.24, 2.45) is 0 Å². The summed E-state index contributed by atoms with van der Waals surface area (Å²) >= 11 is 3.16. The molecule has 0 atom stereocenters. The van der Waals surface area contributed by atoms with Crippen molar-refractivity contribution >= 4 is 21.9 Å². The van der Waals surface area contributed by atoms with Crippen molar-refractivity contribution in [2.75, 3.05) is 32.7 Å². The van der Waals surface area contributed by atoms with E-state index in [2.05, 4.69) is 36.2 Å². The van der Waals surface area contributed by atoms with Crippen LogP contribution in [0.4, 0.5) is 5.95 Å². The highest BCUT2D eigenvalue weighted by Crippen LogP contribution is 2.11. The first-order valence-corrected chi connectivity index (χ1v) is 6.14. The van der Waals surface area contributed by atoms with E-state index in [0.717, 1.165) is 32.7 Å². The molecule has 0 amide bonds. The fraction of sp³-hybridized carbons (Fsp3) is 0.750. The minimum atomic E-state index is -0.591. The van der Waals surface area contributed by atoms with Crippen molar-refractivity contribution < 1.29 is 4.92 Å². The lowest BCUT2D eigenvalue weighted by Crippen LogP contribution is -2.44. The molecule has 2 rings (SSSR count). The van der Waals surface area contributed by atoms with Gasteiger partial charge in [-0.05, 0) is 9.91 Å². The summed E-state index contributed by atoms with van der Waals surface area (Å²) in [6.07, 6.45) is 0. The van der Waals surface area contributed by atoms with Gasteiger partial charge >= 0.3 is 5.95 Å². The van der Waals surface area contributed by atoms with Crippen molar-refractivity contribution in [3.05, 3.63) is 14.8 Å². The molecule has 94 valence electrons. The number of hydrogen-bond acceptors (Lipinski definition) is 6. The maximum absolute atomic E-state index is 10.5. The van der Waals surface area contributed by atoms with Crippen molar-refractivity contribution in [2.45, 2.75) is 6.54 Å². The molecule has 1 aromatic heterocycles. The zero-order chi connectivity index (χ0) is 12.3. The van der Waals surface area contributed by atoms with Crippen LogP contribution in [-0.2, 0) is 6.54 Å². The van der Waals surface area contributed by atoms with Gasteiger partial charge in [0.05, 0.1) is 6.54 Å². The fourth-order valence-electron chi connectivity index (χ4n) is 1.70. The molecule has 0 aromatic carbocycles. The lowest BCUT2D eigenvalue weighted by Gasteiger charge is -2.26. The molecule has 9 heteroatoms. The molecule has 0 aliphatic carbocycles. The summed E-state index contributed by atoms with van der Waals surface area (Å²) in [4.78, 5) is 15.9. The van der Waals surface area contributed by atoms with E-state index in [1.54, 1.807) is 0 Å². The zero-order valence-electron chi connectivity index (χ0n) is 9.17. The maximum atomic E-state index is 10.5. The molecule has 0 unspecified atom stereocenters. The molecule has 0 bridgehead atoms. The summed E-state index contributed by atoms with van der Waals surface area (Å²) in [7, 11) is 0. The van der Waals surface area contributed by atoms with Crippen LogP contribution in [0, 0.1) is 10.1 Å². The Balaban J connectivity index is 1.91. The standard InChI is InChI=1S/C8H13BrN6O2/c9-7-11-8(15(16)17)12-14(7)6-5-13-3-1-10-2-4-13/h10H,1-6H2. The Kier molecular flexibility index (Phi) is 4.02. The van der Waals surface area contributed by atoms with Gasteiger partial charge in [0.2, 0.25) is 0 Å². The number of hydrogen-bond donors (Lipinski definition) is 1. The predicted octanol–water partition coefficient (Wildman–Crippen LogP) is -0.146. The van der Waals surface area contributed by atoms with E-state index in [9.17, 15) is 10.1 Å². The van der Waals surface area contributed by atoms with Crippen molar-refractivity contribution in [3.63, 3.8) is 0 Å². The van der Waals surface area contributed by atoms with Crippen molar-refractivity contribution in [1.82, 2.24) is 25.0 Å². The summed E-state index contributed by atoms with van der Waals surface area (Å²) in [5.41, 5.74) is 0. The summed E-state index contributed by atoms with van der Waals surface area (Å²) in [5.74, 6) is -0.364. The molecule has 8 nitrogen and oxygen atoms in total. The van der Waals surface area contributed by atoms with E-state index in [0.29, 0.717) is 11.3 Å². The molecule has 2 heterocycles. The highest BCUT2D eigenvalue weighted by molar-refractivity contribution is 9.10. The summed E-state index contributed by atoms with van der Waals surface area (Å²) in [6, 6.07) is 0. The molecular formula is C8H13BrN6O2. The largest absolute Gasteiger partial charge is 0.492 e. The quantitative estimate of drug-likeness (QED) is 0.615. The van der Waals surface area contributed by atoms with Gasteiger partial charge in [-0.2, -0.15) is 4.68 Å². The normalized spacial score (nSPS) is 17.2. The second kappa shape index (κ2) is 5.52. The van der Waals surface area contributed by atoms with Gasteiger partial charge in [0.15, 0.2) is 0 Å². The van der Waals surface area contributed by atoms with E-state index in [4.69, 9.17) is 0 Å². The van der Waals surface area contributed by atoms with Gasteiger partial charge in [0.1, 0.15) is 0 Å². The van der Waals surface area contributed by atoms with Gasteiger partial charge in [0, 0.05) is 53.8 Å². The van der Waals surface area contributed by atoms with Crippen molar-refractivity contribution in [1.29, 1.82) is 0 Å². The molecule has 1 aliphatic rings. The van der Waals surface area contributed by atoms with E-state index >= 15 is 0 Å². The molecule has 0 spiro atoms. The fourth-order valence-corrected chi connectivity index (χ4v) is 2.12. The second-order valence-electron chi connectivity index (χ2n) is 3.75. The highest BCUT2D eigenvalue weighted by Gasteiger charge is 2.20. The van der Waals surface area contributed by atoms with Crippen LogP contribution >= 0.6 is 15.9 Å². The topological polar surface area (TPSA) is 89.1 Å². The molecule has 1 fully saturated rings. The van der Waals surface area contributed by atoms with Crippen LogP contribution in [0.2, 0.25) is 0 Å². The Morgan fingerprint density at radius 1 is 1.41 bits per heavy atom. The average molecular weight is 305 g/mol. The third-order valence-corrected chi connectivity index (χ3v) is 3.20. The Hall–Kier alpha value is -1.06. The van der Waals surface area contributed by atoms with Crippen LogP contribution in [0.5, 0.6) is 0 Å². The minimum absolute atomic E-state index is 0.364. The number of rotatable bonds is 4. The Labute approximate surface area is 106 Å². The molecule has 17 heavy (non-hydrogen) atoms. The third-order valence-electron chi connectivity index (χ3n) is 2.62. The van der Waals surface area contributed by atoms with E-state index < -0.39 is 4.92 Å². The first-order valence-electron chi connectivity index (χ1n) is 5.34. The van der Waals surface area contributed by atoms with E-state index in [1.807, 2.05) is 0 Å². The van der Waals surface area contributed by atoms with Gasteiger partial charge in [0.25, 0.3) is 4.73 Å². The highest BCUT2D eigenvalue weighted by atomic mass is 79.9. The lowest BCUT2D eigenvalue weighted by molar-refractivity contribution is -0.394. The Bertz CT molecular complexity index is 403. The summed E-state index contributed by atoms with van der Waals surface area (Å²) < 4.78 is 1.92. The van der Waals surface area contributed by atoms with Gasteiger partial charge < -0.3 is 15.4 Å². The second-order valence-corrected chi connectivity index (χ2v) is 4.46. The lowest BCUT2D eigenvalue weighted by atomic mass is 10.3. The number of halogens is 1. The molecule has 1 aliphatic heterocycles. The summed E-state index contributed by atoms with van der Waals surface area (Å²) in [5, 5.41) is 17.6. The van der Waals surface area contributed by atoms with E-state index in [-0.39, 0.29) is 5.95 Å². The van der Waals surface area contributed by atoms with Crippen LogP contribution in [0.15, 0.2) is 4.73 Å². The number of aromatic nitrogens is 3. The molecule has 1 saturated heterocycles. The van der Waals surface area contributed by atoms with Gasteiger partial charge in [-0.15, -0.1) is 0 Å². The van der Waals surface area contributed by atoms with E-state index in [1.165, 1.54) is 4.68 Å². The first kappa shape index (κ1) is 12.4. The SMILES string of the molecule is O=[N+]([O-])c1nc(Br)n(CCN2CCNCC2)n1. The molecule has 0 saturated carbocycles. The number of nitrogens with zero attached hydrogens (tertiary/aromatic N) is 5. The predicted molar refractivity (Wildman–Crippen MR) is 63.7 cm³/mol. The number of piperazine rings is 1. The van der Waals surface area contributed by atoms with Crippen LogP contribution in [0.1, 0.15) is 0 Å². The van der Waals surface area contributed by atoms with Crippen LogP contribution in [0.3, 0.4) is 0 Å². The number of nitro groups is 1. The zero-order valence-corrected chi connectivity index (χ0v) is 10.8. The molecule has 0 radical (unpaired) electrons. The molecule has 1 N–H and O–H groups in total. The van der Waals surface area contributed by atoms with Crippen LogP contribution in [0.25, 0.3) is 0 Å². The van der Waals surface area contributed by atoms with Gasteiger partial charge in [-0.3, -0.25) is 4.90 Å². The first-order chi connectivity index (χ1) is 8.16. The minimum Gasteiger partial charge on any atom is -0.390 e. The van der Waals surface area contributed by atoms with Crippen molar-refractivity contribution in [3.8, 4) is 0 Å². The number of nitrogens with one attached hydrogen (secondary N) is 1. The molecule has 1 aromatic rings. The van der Waals surface area contributed by atoms with Gasteiger partial charge in [-0.25, -0.2) is 0 Å². The van der Waals surface area contributed by atoms with Crippen LogP contribution < -0.4 is 5.32 Å². The van der Waals surface area contributed by atoms with Crippen LogP contribution in [-0.4, -0.2) is 57.3 Å². The third kappa shape index (κ3) is 3.20. The average Bonchev–Trinajstić information content (AvgIpc) is 2.70. The Morgan fingerprint density at radius 2 is 2.12 bits per heavy atom. The monoisotopic (exact) mass is 304 g/mol. The van der Waals surface area contributed by atoms with Gasteiger partial charge in [-0.1, -0.05) is 0 Å². The smallest absolute Gasteiger partial charge is 0.390 e. The summed E-state index contributed by atoms with van der Waals surface area (Å²) in [6.45, 7) is 5.38. The Morgan fingerprint density at radius 3 is 2.71 bits per heavy atom. The maximum Gasteiger partial charge on any atom is 0.492 e.